The summed E-state index contributed by atoms with van der Waals surface area (Å²) in [5.74, 6) is 0.702. The molecule has 1 atom stereocenters. The number of imidazole rings is 1. The molecule has 0 aliphatic rings. The number of hydrogen-bond donors (Lipinski definition) is 2. The van der Waals surface area contributed by atoms with E-state index in [4.69, 9.17) is 4.52 Å². The summed E-state index contributed by atoms with van der Waals surface area (Å²) in [6.07, 6.45) is 3.89. The predicted octanol–water partition coefficient (Wildman–Crippen LogP) is 3.85. The van der Waals surface area contributed by atoms with Crippen LogP contribution in [0.2, 0.25) is 0 Å². The van der Waals surface area contributed by atoms with E-state index in [-0.39, 0.29) is 18.4 Å². The summed E-state index contributed by atoms with van der Waals surface area (Å²) >= 11 is 0. The number of fused-ring (bicyclic) bond motifs is 1. The van der Waals surface area contributed by atoms with Crippen LogP contribution >= 0.6 is 0 Å². The molecule has 158 valence electrons. The largest absolute Gasteiger partial charge is 0.345 e. The minimum absolute atomic E-state index is 0.110. The fourth-order valence-corrected chi connectivity index (χ4v) is 3.55. The number of carbonyl (C=O) groups is 1. The summed E-state index contributed by atoms with van der Waals surface area (Å²) in [6, 6.07) is 21.0. The number of pyridine rings is 1. The number of aromatic amines is 1. The maximum atomic E-state index is 12.8. The average molecular weight is 424 g/mol. The molecule has 0 radical (unpaired) electrons. The number of carbonyl (C=O) groups excluding carboxylic acids is 1. The van der Waals surface area contributed by atoms with Crippen molar-refractivity contribution < 1.29 is 9.32 Å². The molecule has 5 aromatic rings. The molecule has 0 aliphatic heterocycles. The molecule has 8 heteroatoms. The topological polar surface area (TPSA) is 110 Å². The quantitative estimate of drug-likeness (QED) is 0.411. The van der Waals surface area contributed by atoms with Crippen LogP contribution in [0.25, 0.3) is 22.6 Å². The summed E-state index contributed by atoms with van der Waals surface area (Å²) in [6.45, 7) is 0. The summed E-state index contributed by atoms with van der Waals surface area (Å²) in [5, 5.41) is 7.09. The fourth-order valence-electron chi connectivity index (χ4n) is 3.55. The molecule has 3 heterocycles. The molecule has 0 fully saturated rings. The summed E-state index contributed by atoms with van der Waals surface area (Å²) < 4.78 is 5.29. The van der Waals surface area contributed by atoms with Crippen LogP contribution in [0.1, 0.15) is 29.5 Å². The first kappa shape index (κ1) is 19.6. The lowest BCUT2D eigenvalue weighted by Crippen LogP contribution is -2.29. The van der Waals surface area contributed by atoms with E-state index >= 15 is 0 Å². The van der Waals surface area contributed by atoms with Crippen molar-refractivity contribution in [1.29, 1.82) is 0 Å². The molecule has 1 unspecified atom stereocenters. The molecule has 0 saturated carbocycles. The number of nitrogens with zero attached hydrogens (tertiary/aromatic N) is 4. The molecule has 0 spiro atoms. The molecule has 0 saturated heterocycles. The van der Waals surface area contributed by atoms with Crippen molar-refractivity contribution >= 4 is 16.9 Å². The molecular formula is C24H20N6O2. The monoisotopic (exact) mass is 424 g/mol. The van der Waals surface area contributed by atoms with Crippen LogP contribution in [0, 0.1) is 0 Å². The Morgan fingerprint density at radius 2 is 1.88 bits per heavy atom. The Morgan fingerprint density at radius 3 is 2.72 bits per heavy atom. The second kappa shape index (κ2) is 8.81. The highest BCUT2D eigenvalue weighted by molar-refractivity contribution is 5.78. The van der Waals surface area contributed by atoms with E-state index in [1.807, 2.05) is 66.7 Å². The Bertz CT molecular complexity index is 1330. The lowest BCUT2D eigenvalue weighted by Gasteiger charge is -2.20. The highest BCUT2D eigenvalue weighted by atomic mass is 16.5. The molecule has 0 aliphatic carbocycles. The highest BCUT2D eigenvalue weighted by Gasteiger charge is 2.18. The third-order valence-corrected chi connectivity index (χ3v) is 5.14. The van der Waals surface area contributed by atoms with Crippen LogP contribution in [-0.2, 0) is 11.2 Å². The Balaban J connectivity index is 1.30. The molecule has 8 nitrogen and oxygen atoms in total. The second-order valence-corrected chi connectivity index (χ2v) is 7.32. The predicted molar refractivity (Wildman–Crippen MR) is 118 cm³/mol. The van der Waals surface area contributed by atoms with Crippen molar-refractivity contribution in [3.63, 3.8) is 0 Å². The number of aromatic nitrogens is 5. The van der Waals surface area contributed by atoms with E-state index in [1.54, 1.807) is 12.5 Å². The number of aryl methyl sites for hydroxylation is 1. The minimum atomic E-state index is -0.289. The van der Waals surface area contributed by atoms with Gasteiger partial charge in [0.1, 0.15) is 5.69 Å². The van der Waals surface area contributed by atoms with Gasteiger partial charge in [-0.05, 0) is 35.4 Å². The zero-order valence-corrected chi connectivity index (χ0v) is 17.1. The zero-order chi connectivity index (χ0) is 21.8. The summed E-state index contributed by atoms with van der Waals surface area (Å²) in [7, 11) is 0. The van der Waals surface area contributed by atoms with Crippen LogP contribution in [0.4, 0.5) is 0 Å². The third kappa shape index (κ3) is 4.24. The molecule has 0 bridgehead atoms. The second-order valence-electron chi connectivity index (χ2n) is 7.32. The van der Waals surface area contributed by atoms with E-state index in [0.29, 0.717) is 23.8 Å². The van der Waals surface area contributed by atoms with Gasteiger partial charge in [-0.15, -0.1) is 0 Å². The number of benzene rings is 2. The average Bonchev–Trinajstić information content (AvgIpc) is 3.51. The van der Waals surface area contributed by atoms with Gasteiger partial charge < -0.3 is 14.8 Å². The van der Waals surface area contributed by atoms with Gasteiger partial charge in [0.15, 0.2) is 0 Å². The number of nitrogens with one attached hydrogen (secondary N) is 2. The highest BCUT2D eigenvalue weighted by Crippen LogP contribution is 2.25. The minimum Gasteiger partial charge on any atom is -0.345 e. The molecule has 3 aromatic heterocycles. The van der Waals surface area contributed by atoms with Gasteiger partial charge in [0, 0.05) is 19.0 Å². The van der Waals surface area contributed by atoms with Crippen LogP contribution in [0.3, 0.4) is 0 Å². The Hall–Kier alpha value is -4.33. The van der Waals surface area contributed by atoms with E-state index in [2.05, 4.69) is 30.4 Å². The fraction of sp³-hybridized carbons (Fsp3) is 0.125. The van der Waals surface area contributed by atoms with E-state index in [1.165, 1.54) is 0 Å². The van der Waals surface area contributed by atoms with Crippen molar-refractivity contribution in [3.05, 3.63) is 96.3 Å². The summed E-state index contributed by atoms with van der Waals surface area (Å²) in [4.78, 5) is 28.8. The molecule has 32 heavy (non-hydrogen) atoms. The van der Waals surface area contributed by atoms with Crippen molar-refractivity contribution in [3.8, 4) is 11.5 Å². The molecule has 2 aromatic carbocycles. The van der Waals surface area contributed by atoms with Gasteiger partial charge in [-0.3, -0.25) is 9.78 Å². The molecule has 5 rings (SSSR count). The molecule has 2 N–H and O–H groups in total. The first-order chi connectivity index (χ1) is 15.8. The van der Waals surface area contributed by atoms with Crippen molar-refractivity contribution in [2.24, 2.45) is 0 Å². The lowest BCUT2D eigenvalue weighted by molar-refractivity contribution is -0.121. The van der Waals surface area contributed by atoms with Crippen LogP contribution in [0.5, 0.6) is 0 Å². The van der Waals surface area contributed by atoms with E-state index in [0.717, 1.165) is 22.2 Å². The molecular weight excluding hydrogens is 404 g/mol. The van der Waals surface area contributed by atoms with Crippen LogP contribution < -0.4 is 5.32 Å². The number of H-pyrrole nitrogens is 1. The van der Waals surface area contributed by atoms with Crippen molar-refractivity contribution in [2.75, 3.05) is 0 Å². The first-order valence-corrected chi connectivity index (χ1v) is 10.3. The normalized spacial score (nSPS) is 12.0. The summed E-state index contributed by atoms with van der Waals surface area (Å²) in [5.41, 5.74) is 4.40. The number of hydrogen-bond acceptors (Lipinski definition) is 6. The maximum absolute atomic E-state index is 12.8. The van der Waals surface area contributed by atoms with Gasteiger partial charge in [0.2, 0.25) is 17.6 Å². The third-order valence-electron chi connectivity index (χ3n) is 5.14. The van der Waals surface area contributed by atoms with Crippen LogP contribution in [-0.4, -0.2) is 31.0 Å². The maximum Gasteiger partial charge on any atom is 0.227 e. The van der Waals surface area contributed by atoms with Gasteiger partial charge in [-0.2, -0.15) is 4.98 Å². The Morgan fingerprint density at radius 1 is 1.00 bits per heavy atom. The SMILES string of the molecule is O=C(CCc1nc(-c2ccccn2)no1)NC(c1ccccc1)c1ccc2nc[nH]c2c1. The standard InChI is InChI=1S/C24H20N6O2/c31-21(11-12-22-29-24(30-32-22)19-8-4-5-13-25-19)28-23(16-6-2-1-3-7-16)17-9-10-18-20(14-17)27-15-26-18/h1-10,13-15,23H,11-12H2,(H,26,27)(H,28,31). The smallest absolute Gasteiger partial charge is 0.227 e. The van der Waals surface area contributed by atoms with Crippen molar-refractivity contribution in [2.45, 2.75) is 18.9 Å². The Labute approximate surface area is 183 Å². The van der Waals surface area contributed by atoms with Gasteiger partial charge in [-0.1, -0.05) is 47.6 Å². The zero-order valence-electron chi connectivity index (χ0n) is 17.1. The number of rotatable bonds is 7. The number of amides is 1. The molecule has 1 amide bonds. The Kier molecular flexibility index (Phi) is 5.40. The van der Waals surface area contributed by atoms with Gasteiger partial charge in [-0.25, -0.2) is 4.98 Å². The van der Waals surface area contributed by atoms with Gasteiger partial charge >= 0.3 is 0 Å². The van der Waals surface area contributed by atoms with Gasteiger partial charge in [0.05, 0.1) is 23.4 Å². The first-order valence-electron chi connectivity index (χ1n) is 10.3. The van der Waals surface area contributed by atoms with Gasteiger partial charge in [0.25, 0.3) is 0 Å². The van der Waals surface area contributed by atoms with E-state index < -0.39 is 0 Å². The van der Waals surface area contributed by atoms with Crippen LogP contribution in [0.15, 0.2) is 83.8 Å². The van der Waals surface area contributed by atoms with E-state index in [9.17, 15) is 4.79 Å². The lowest BCUT2D eigenvalue weighted by atomic mass is 9.98. The van der Waals surface area contributed by atoms with Crippen molar-refractivity contribution in [1.82, 2.24) is 30.4 Å².